The van der Waals surface area contributed by atoms with Gasteiger partial charge in [-0.05, 0) is 18.6 Å². The Bertz CT molecular complexity index is 330. The maximum Gasteiger partial charge on any atom is 0.321 e. The summed E-state index contributed by atoms with van der Waals surface area (Å²) in [5, 5.41) is 3.29. The van der Waals surface area contributed by atoms with Crippen molar-refractivity contribution in [1.82, 2.24) is 4.90 Å². The third-order valence-corrected chi connectivity index (χ3v) is 2.18. The van der Waals surface area contributed by atoms with E-state index in [9.17, 15) is 4.79 Å². The average molecular weight is 213 g/mol. The van der Waals surface area contributed by atoms with Crippen molar-refractivity contribution >= 4 is 23.3 Å². The highest BCUT2D eigenvalue weighted by molar-refractivity contribution is 6.33. The summed E-state index contributed by atoms with van der Waals surface area (Å²) >= 11 is 5.95. The predicted octanol–water partition coefficient (Wildman–Crippen LogP) is 2.74. The maximum absolute atomic E-state index is 11.4. The van der Waals surface area contributed by atoms with Gasteiger partial charge in [0.05, 0.1) is 10.7 Å². The van der Waals surface area contributed by atoms with Gasteiger partial charge in [-0.3, -0.25) is 0 Å². The van der Waals surface area contributed by atoms with Crippen molar-refractivity contribution in [3.05, 3.63) is 28.8 Å². The number of rotatable bonds is 1. The number of anilines is 1. The first-order valence-electron chi connectivity index (χ1n) is 4.26. The molecule has 0 aliphatic carbocycles. The van der Waals surface area contributed by atoms with Crippen molar-refractivity contribution in [2.24, 2.45) is 0 Å². The Morgan fingerprint density at radius 1 is 1.43 bits per heavy atom. The lowest BCUT2D eigenvalue weighted by molar-refractivity contribution is 0.230. The number of urea groups is 1. The number of carbonyl (C=O) groups excluding carboxylic acids is 1. The van der Waals surface area contributed by atoms with Crippen molar-refractivity contribution in [1.29, 1.82) is 0 Å². The second-order valence-corrected chi connectivity index (χ2v) is 3.66. The van der Waals surface area contributed by atoms with Crippen LogP contribution in [0.3, 0.4) is 0 Å². The van der Waals surface area contributed by atoms with Crippen LogP contribution in [-0.2, 0) is 0 Å². The first-order valence-corrected chi connectivity index (χ1v) is 4.63. The first kappa shape index (κ1) is 10.9. The summed E-state index contributed by atoms with van der Waals surface area (Å²) in [5.74, 6) is 0. The van der Waals surface area contributed by atoms with Crippen LogP contribution in [0, 0.1) is 6.92 Å². The maximum atomic E-state index is 11.4. The molecule has 0 saturated heterocycles. The van der Waals surface area contributed by atoms with Gasteiger partial charge in [0.25, 0.3) is 0 Å². The number of para-hydroxylation sites is 1. The van der Waals surface area contributed by atoms with Gasteiger partial charge in [0.2, 0.25) is 0 Å². The predicted molar refractivity (Wildman–Crippen MR) is 58.9 cm³/mol. The van der Waals surface area contributed by atoms with E-state index in [0.717, 1.165) is 5.56 Å². The van der Waals surface area contributed by atoms with Crippen LogP contribution in [0.15, 0.2) is 18.2 Å². The van der Waals surface area contributed by atoms with Crippen LogP contribution in [0.2, 0.25) is 5.02 Å². The highest BCUT2D eigenvalue weighted by Crippen LogP contribution is 2.25. The Balaban J connectivity index is 2.91. The molecule has 1 aromatic carbocycles. The summed E-state index contributed by atoms with van der Waals surface area (Å²) in [4.78, 5) is 12.8. The van der Waals surface area contributed by atoms with Crippen LogP contribution >= 0.6 is 11.6 Å². The largest absolute Gasteiger partial charge is 0.331 e. The summed E-state index contributed by atoms with van der Waals surface area (Å²) in [6, 6.07) is 5.32. The van der Waals surface area contributed by atoms with Crippen molar-refractivity contribution < 1.29 is 4.79 Å². The van der Waals surface area contributed by atoms with Crippen molar-refractivity contribution in [3.63, 3.8) is 0 Å². The van der Waals surface area contributed by atoms with Crippen molar-refractivity contribution in [2.45, 2.75) is 6.92 Å². The fourth-order valence-corrected chi connectivity index (χ4v) is 1.28. The van der Waals surface area contributed by atoms with Crippen LogP contribution in [0.4, 0.5) is 10.5 Å². The van der Waals surface area contributed by atoms with E-state index < -0.39 is 0 Å². The molecule has 76 valence electrons. The van der Waals surface area contributed by atoms with E-state index in [1.807, 2.05) is 19.1 Å². The Morgan fingerprint density at radius 3 is 2.57 bits per heavy atom. The molecule has 0 aliphatic heterocycles. The highest BCUT2D eigenvalue weighted by atomic mass is 35.5. The van der Waals surface area contributed by atoms with Crippen molar-refractivity contribution in [2.75, 3.05) is 19.4 Å². The van der Waals surface area contributed by atoms with Gasteiger partial charge in [0, 0.05) is 14.1 Å². The number of nitrogens with zero attached hydrogens (tertiary/aromatic N) is 1. The number of benzene rings is 1. The second-order valence-electron chi connectivity index (χ2n) is 3.26. The monoisotopic (exact) mass is 212 g/mol. The Hall–Kier alpha value is -1.22. The van der Waals surface area contributed by atoms with E-state index in [2.05, 4.69) is 5.32 Å². The average Bonchev–Trinajstić information content (AvgIpc) is 2.11. The topological polar surface area (TPSA) is 32.3 Å². The molecule has 2 amide bonds. The van der Waals surface area contributed by atoms with Gasteiger partial charge in [0.15, 0.2) is 0 Å². The number of hydrogen-bond donors (Lipinski definition) is 1. The molecule has 0 aromatic heterocycles. The molecule has 3 nitrogen and oxygen atoms in total. The molecule has 1 rings (SSSR count). The fraction of sp³-hybridized carbons (Fsp3) is 0.300. The van der Waals surface area contributed by atoms with E-state index in [1.54, 1.807) is 20.2 Å². The smallest absolute Gasteiger partial charge is 0.321 e. The molecule has 14 heavy (non-hydrogen) atoms. The minimum Gasteiger partial charge on any atom is -0.331 e. The van der Waals surface area contributed by atoms with Crippen LogP contribution in [0.1, 0.15) is 5.56 Å². The summed E-state index contributed by atoms with van der Waals surface area (Å²) in [5.41, 5.74) is 1.63. The van der Waals surface area contributed by atoms with E-state index in [1.165, 1.54) is 4.90 Å². The van der Waals surface area contributed by atoms with Crippen LogP contribution in [0.5, 0.6) is 0 Å². The molecule has 0 aliphatic rings. The molecule has 0 heterocycles. The van der Waals surface area contributed by atoms with Crippen LogP contribution < -0.4 is 5.32 Å². The Kier molecular flexibility index (Phi) is 3.36. The molecule has 0 radical (unpaired) electrons. The standard InChI is InChI=1S/C10H13ClN2O/c1-7-5-4-6-8(11)9(7)12-10(14)13(2)3/h4-6H,1-3H3,(H,12,14). The molecule has 0 unspecified atom stereocenters. The molecule has 4 heteroatoms. The minimum atomic E-state index is -0.179. The molecule has 0 bridgehead atoms. The molecular formula is C10H13ClN2O. The van der Waals surface area contributed by atoms with Crippen LogP contribution in [0.25, 0.3) is 0 Å². The number of amides is 2. The molecule has 0 atom stereocenters. The SMILES string of the molecule is Cc1cccc(Cl)c1NC(=O)N(C)C. The minimum absolute atomic E-state index is 0.179. The quantitative estimate of drug-likeness (QED) is 0.763. The number of nitrogens with one attached hydrogen (secondary N) is 1. The van der Waals surface area contributed by atoms with E-state index in [-0.39, 0.29) is 6.03 Å². The molecular weight excluding hydrogens is 200 g/mol. The van der Waals surface area contributed by atoms with Gasteiger partial charge in [-0.2, -0.15) is 0 Å². The summed E-state index contributed by atoms with van der Waals surface area (Å²) < 4.78 is 0. The summed E-state index contributed by atoms with van der Waals surface area (Å²) in [6.45, 7) is 1.90. The summed E-state index contributed by atoms with van der Waals surface area (Å²) in [6.07, 6.45) is 0. The van der Waals surface area contributed by atoms with E-state index in [4.69, 9.17) is 11.6 Å². The molecule has 0 fully saturated rings. The zero-order chi connectivity index (χ0) is 10.7. The van der Waals surface area contributed by atoms with Gasteiger partial charge in [-0.1, -0.05) is 23.7 Å². The number of carbonyl (C=O) groups is 1. The zero-order valence-corrected chi connectivity index (χ0v) is 9.22. The molecule has 1 N–H and O–H groups in total. The van der Waals surface area contributed by atoms with Gasteiger partial charge >= 0.3 is 6.03 Å². The highest BCUT2D eigenvalue weighted by Gasteiger charge is 2.08. The van der Waals surface area contributed by atoms with Crippen LogP contribution in [-0.4, -0.2) is 25.0 Å². The molecule has 0 spiro atoms. The first-order chi connectivity index (χ1) is 6.52. The zero-order valence-electron chi connectivity index (χ0n) is 8.47. The lowest BCUT2D eigenvalue weighted by Crippen LogP contribution is -2.27. The van der Waals surface area contributed by atoms with Gasteiger partial charge in [-0.15, -0.1) is 0 Å². The van der Waals surface area contributed by atoms with Gasteiger partial charge in [0.1, 0.15) is 0 Å². The lowest BCUT2D eigenvalue weighted by atomic mass is 10.2. The molecule has 1 aromatic rings. The van der Waals surface area contributed by atoms with Crippen molar-refractivity contribution in [3.8, 4) is 0 Å². The number of hydrogen-bond acceptors (Lipinski definition) is 1. The lowest BCUT2D eigenvalue weighted by Gasteiger charge is -2.14. The fourth-order valence-electron chi connectivity index (χ4n) is 1.01. The second kappa shape index (κ2) is 4.33. The van der Waals surface area contributed by atoms with Gasteiger partial charge in [-0.25, -0.2) is 4.79 Å². The third kappa shape index (κ3) is 2.39. The Morgan fingerprint density at radius 2 is 2.07 bits per heavy atom. The number of halogens is 1. The van der Waals surface area contributed by atoms with E-state index in [0.29, 0.717) is 10.7 Å². The molecule has 0 saturated carbocycles. The third-order valence-electron chi connectivity index (χ3n) is 1.86. The Labute approximate surface area is 88.7 Å². The summed E-state index contributed by atoms with van der Waals surface area (Å²) in [7, 11) is 3.36. The number of aryl methyl sites for hydroxylation is 1. The normalized spacial score (nSPS) is 9.71. The van der Waals surface area contributed by atoms with E-state index >= 15 is 0 Å². The van der Waals surface area contributed by atoms with Gasteiger partial charge < -0.3 is 10.2 Å².